The lowest BCUT2D eigenvalue weighted by atomic mass is 10.0. The van der Waals surface area contributed by atoms with Crippen LogP contribution in [0.5, 0.6) is 0 Å². The molecule has 2 N–H and O–H groups in total. The van der Waals surface area contributed by atoms with Crippen molar-refractivity contribution in [1.82, 2.24) is 5.32 Å². The Morgan fingerprint density at radius 3 is 1.64 bits per heavy atom. The van der Waals surface area contributed by atoms with Crippen LogP contribution in [0.3, 0.4) is 0 Å². The van der Waals surface area contributed by atoms with Crippen LogP contribution < -0.4 is 5.32 Å². The SMILES string of the molecule is C#CCOCC(COCC#C)(COCC=C)NC(=O)CCOCCOCCOCCOCCC(=O)O. The fourth-order valence-corrected chi connectivity index (χ4v) is 2.63. The molecule has 0 aromatic carbocycles. The molecule has 0 aromatic rings. The van der Waals surface area contributed by atoms with Crippen molar-refractivity contribution in [2.24, 2.45) is 0 Å². The molecule has 0 aromatic heterocycles. The van der Waals surface area contributed by atoms with Crippen molar-refractivity contribution in [1.29, 1.82) is 0 Å². The van der Waals surface area contributed by atoms with Gasteiger partial charge in [0.1, 0.15) is 18.8 Å². The average molecular weight is 514 g/mol. The van der Waals surface area contributed by atoms with E-state index in [0.29, 0.717) is 39.6 Å². The minimum Gasteiger partial charge on any atom is -0.481 e. The Bertz CT molecular complexity index is 651. The highest BCUT2D eigenvalue weighted by Crippen LogP contribution is 2.10. The van der Waals surface area contributed by atoms with Crippen LogP contribution in [0.4, 0.5) is 0 Å². The van der Waals surface area contributed by atoms with E-state index in [1.807, 2.05) is 0 Å². The minimum absolute atomic E-state index is 0.0301. The normalized spacial score (nSPS) is 10.9. The van der Waals surface area contributed by atoms with Crippen molar-refractivity contribution < 1.29 is 47.9 Å². The predicted molar refractivity (Wildman–Crippen MR) is 131 cm³/mol. The van der Waals surface area contributed by atoms with Crippen LogP contribution >= 0.6 is 0 Å². The molecule has 0 spiro atoms. The van der Waals surface area contributed by atoms with E-state index in [-0.39, 0.29) is 71.6 Å². The zero-order valence-electron chi connectivity index (χ0n) is 20.9. The lowest BCUT2D eigenvalue weighted by molar-refractivity contribution is -0.138. The highest BCUT2D eigenvalue weighted by Gasteiger charge is 2.33. The topological polar surface area (TPSA) is 131 Å². The summed E-state index contributed by atoms with van der Waals surface area (Å²) >= 11 is 0. The van der Waals surface area contributed by atoms with Crippen LogP contribution in [0.25, 0.3) is 0 Å². The number of hydrogen-bond acceptors (Lipinski definition) is 9. The van der Waals surface area contributed by atoms with Crippen LogP contribution in [0, 0.1) is 24.7 Å². The third-order valence-corrected chi connectivity index (χ3v) is 4.20. The Kier molecular flexibility index (Phi) is 22.6. The molecule has 0 fully saturated rings. The first-order valence-electron chi connectivity index (χ1n) is 11.5. The fraction of sp³-hybridized carbons (Fsp3) is 0.680. The third-order valence-electron chi connectivity index (χ3n) is 4.20. The number of carbonyl (C=O) groups is 2. The van der Waals surface area contributed by atoms with Crippen LogP contribution in [0.2, 0.25) is 0 Å². The Hall–Kier alpha value is -2.48. The van der Waals surface area contributed by atoms with Gasteiger partial charge < -0.3 is 43.6 Å². The number of ether oxygens (including phenoxy) is 7. The summed E-state index contributed by atoms with van der Waals surface area (Å²) in [6.45, 7) is 6.78. The standard InChI is InChI=1S/C25H39NO10/c1-4-9-34-20-25(21-35-10-5-2,22-36-11-6-3)26-23(27)7-12-30-14-16-32-18-19-33-17-15-31-13-8-24(28)29/h1-2,6H,3,7-22H2,(H,26,27)(H,28,29). The molecule has 11 heteroatoms. The van der Waals surface area contributed by atoms with Crippen LogP contribution in [0.1, 0.15) is 12.8 Å². The van der Waals surface area contributed by atoms with E-state index in [0.717, 1.165) is 0 Å². The highest BCUT2D eigenvalue weighted by molar-refractivity contribution is 5.77. The van der Waals surface area contributed by atoms with E-state index in [2.05, 4.69) is 23.7 Å². The molecular formula is C25H39NO10. The fourth-order valence-electron chi connectivity index (χ4n) is 2.63. The average Bonchev–Trinajstić information content (AvgIpc) is 2.84. The number of aliphatic carboxylic acids is 1. The molecule has 1 amide bonds. The van der Waals surface area contributed by atoms with Crippen molar-refractivity contribution in [3.63, 3.8) is 0 Å². The van der Waals surface area contributed by atoms with Gasteiger partial charge in [0.05, 0.1) is 85.7 Å². The molecule has 0 atom stereocenters. The summed E-state index contributed by atoms with van der Waals surface area (Å²) in [5, 5.41) is 11.4. The maximum atomic E-state index is 12.5. The summed E-state index contributed by atoms with van der Waals surface area (Å²) < 4.78 is 37.7. The van der Waals surface area contributed by atoms with E-state index in [1.165, 1.54) is 0 Å². The molecule has 0 aliphatic rings. The van der Waals surface area contributed by atoms with Gasteiger partial charge in [0, 0.05) is 6.42 Å². The van der Waals surface area contributed by atoms with E-state index in [1.54, 1.807) is 6.08 Å². The first-order chi connectivity index (χ1) is 17.5. The van der Waals surface area contributed by atoms with Gasteiger partial charge in [-0.25, -0.2) is 0 Å². The maximum absolute atomic E-state index is 12.5. The van der Waals surface area contributed by atoms with Gasteiger partial charge in [-0.15, -0.1) is 19.4 Å². The van der Waals surface area contributed by atoms with Gasteiger partial charge in [-0.05, 0) is 0 Å². The van der Waals surface area contributed by atoms with Crippen molar-refractivity contribution >= 4 is 11.9 Å². The lowest BCUT2D eigenvalue weighted by Gasteiger charge is -2.33. The summed E-state index contributed by atoms with van der Waals surface area (Å²) in [5.74, 6) is 3.60. The van der Waals surface area contributed by atoms with E-state index < -0.39 is 11.5 Å². The Morgan fingerprint density at radius 1 is 0.750 bits per heavy atom. The number of nitrogens with one attached hydrogen (secondary N) is 1. The molecule has 0 bridgehead atoms. The molecule has 0 saturated heterocycles. The van der Waals surface area contributed by atoms with Crippen LogP contribution in [0.15, 0.2) is 12.7 Å². The highest BCUT2D eigenvalue weighted by atomic mass is 16.6. The second-order valence-electron chi connectivity index (χ2n) is 7.37. The summed E-state index contributed by atoms with van der Waals surface area (Å²) in [6, 6.07) is 0. The number of hydrogen-bond donors (Lipinski definition) is 2. The summed E-state index contributed by atoms with van der Waals surface area (Å²) in [4.78, 5) is 22.9. The third kappa shape index (κ3) is 20.9. The second-order valence-corrected chi connectivity index (χ2v) is 7.37. The second kappa shape index (κ2) is 24.2. The Morgan fingerprint density at radius 2 is 1.19 bits per heavy atom. The molecule has 36 heavy (non-hydrogen) atoms. The van der Waals surface area contributed by atoms with Gasteiger partial charge in [0.15, 0.2) is 0 Å². The molecule has 0 aliphatic carbocycles. The number of terminal acetylenes is 2. The van der Waals surface area contributed by atoms with E-state index in [4.69, 9.17) is 51.1 Å². The van der Waals surface area contributed by atoms with Crippen molar-refractivity contribution in [3.8, 4) is 24.7 Å². The van der Waals surface area contributed by atoms with Gasteiger partial charge in [-0.3, -0.25) is 9.59 Å². The molecule has 0 unspecified atom stereocenters. The summed E-state index contributed by atoms with van der Waals surface area (Å²) in [7, 11) is 0. The molecule has 204 valence electrons. The largest absolute Gasteiger partial charge is 0.481 e. The van der Waals surface area contributed by atoms with Crippen molar-refractivity contribution in [2.75, 3.05) is 92.5 Å². The lowest BCUT2D eigenvalue weighted by Crippen LogP contribution is -2.58. The number of carboxylic acid groups (broad SMARTS) is 1. The number of carbonyl (C=O) groups excluding carboxylic acids is 1. The Labute approximate surface area is 213 Å². The monoisotopic (exact) mass is 513 g/mol. The zero-order valence-corrected chi connectivity index (χ0v) is 20.9. The van der Waals surface area contributed by atoms with Gasteiger partial charge in [-0.2, -0.15) is 0 Å². The summed E-state index contributed by atoms with van der Waals surface area (Å²) in [5.41, 5.74) is -0.974. The zero-order chi connectivity index (χ0) is 26.7. The van der Waals surface area contributed by atoms with Gasteiger partial charge in [0.2, 0.25) is 5.91 Å². The van der Waals surface area contributed by atoms with Crippen LogP contribution in [-0.4, -0.2) is 115 Å². The predicted octanol–water partition coefficient (Wildman–Crippen LogP) is 0.275. The molecule has 0 rings (SSSR count). The quantitative estimate of drug-likeness (QED) is 0.0944. The Balaban J connectivity index is 4.14. The summed E-state index contributed by atoms with van der Waals surface area (Å²) in [6.07, 6.45) is 12.2. The number of rotatable bonds is 26. The van der Waals surface area contributed by atoms with Crippen LogP contribution in [-0.2, 0) is 42.7 Å². The molecule has 11 nitrogen and oxygen atoms in total. The first kappa shape index (κ1) is 33.5. The van der Waals surface area contributed by atoms with Gasteiger partial charge in [-0.1, -0.05) is 17.9 Å². The van der Waals surface area contributed by atoms with E-state index in [9.17, 15) is 9.59 Å². The van der Waals surface area contributed by atoms with E-state index >= 15 is 0 Å². The molecule has 0 heterocycles. The smallest absolute Gasteiger partial charge is 0.305 e. The molecule has 0 aliphatic heterocycles. The molecule has 0 radical (unpaired) electrons. The van der Waals surface area contributed by atoms with Gasteiger partial charge in [0.25, 0.3) is 0 Å². The van der Waals surface area contributed by atoms with Crippen molar-refractivity contribution in [2.45, 2.75) is 18.4 Å². The van der Waals surface area contributed by atoms with Crippen molar-refractivity contribution in [3.05, 3.63) is 12.7 Å². The molecular weight excluding hydrogens is 474 g/mol. The first-order valence-corrected chi connectivity index (χ1v) is 11.5. The molecule has 0 saturated carbocycles. The minimum atomic E-state index is -0.974. The number of carboxylic acids is 1. The van der Waals surface area contributed by atoms with Gasteiger partial charge >= 0.3 is 5.97 Å². The number of amides is 1. The maximum Gasteiger partial charge on any atom is 0.305 e.